The molecule has 0 saturated heterocycles. The summed E-state index contributed by atoms with van der Waals surface area (Å²) >= 11 is 0. The van der Waals surface area contributed by atoms with Gasteiger partial charge in [0.05, 0.1) is 18.9 Å². The molecule has 1 fully saturated rings. The average Bonchev–Trinajstić information content (AvgIpc) is 3.53. The second kappa shape index (κ2) is 12.3. The minimum Gasteiger partial charge on any atom is -0.493 e. The fraction of sp³-hybridized carbons (Fsp3) is 0.435. The standard InChI is InChI=1S/C23H31N3O3S.HI/c1-3-24-23(25-14-18-8-12-20(13-9-18)17-30(2,27)28)26-15-21-6-4-5-7-22(21)29-16-19-10-11-19;/h4-9,12-13,19H,3,10-11,14-17H2,1-2H3,(H2,24,25,26);1H. The lowest BCUT2D eigenvalue weighted by molar-refractivity contribution is 0.296. The Bertz CT molecular complexity index is 958. The largest absolute Gasteiger partial charge is 0.493 e. The van der Waals surface area contributed by atoms with Crippen LogP contribution in [-0.2, 0) is 28.7 Å². The predicted octanol–water partition coefficient (Wildman–Crippen LogP) is 3.89. The summed E-state index contributed by atoms with van der Waals surface area (Å²) in [7, 11) is -3.02. The maximum atomic E-state index is 11.4. The molecule has 2 aromatic carbocycles. The zero-order chi connectivity index (χ0) is 21.4. The van der Waals surface area contributed by atoms with Crippen LogP contribution in [0.4, 0.5) is 0 Å². The monoisotopic (exact) mass is 557 g/mol. The fourth-order valence-corrected chi connectivity index (χ4v) is 3.82. The molecule has 0 spiro atoms. The van der Waals surface area contributed by atoms with Gasteiger partial charge in [-0.05, 0) is 42.9 Å². The van der Waals surface area contributed by atoms with Gasteiger partial charge in [-0.2, -0.15) is 0 Å². The van der Waals surface area contributed by atoms with Crippen LogP contribution in [0.1, 0.15) is 36.5 Å². The summed E-state index contributed by atoms with van der Waals surface area (Å²) in [5.41, 5.74) is 2.92. The van der Waals surface area contributed by atoms with E-state index in [2.05, 4.69) is 21.7 Å². The van der Waals surface area contributed by atoms with Crippen molar-refractivity contribution in [2.75, 3.05) is 19.4 Å². The van der Waals surface area contributed by atoms with E-state index in [0.717, 1.165) is 41.6 Å². The zero-order valence-corrected chi connectivity index (χ0v) is 21.3. The predicted molar refractivity (Wildman–Crippen MR) is 137 cm³/mol. The highest BCUT2D eigenvalue weighted by atomic mass is 127. The van der Waals surface area contributed by atoms with Crippen molar-refractivity contribution in [3.05, 3.63) is 65.2 Å². The molecular weight excluding hydrogens is 525 g/mol. The summed E-state index contributed by atoms with van der Waals surface area (Å²) < 4.78 is 28.8. The maximum Gasteiger partial charge on any atom is 0.191 e. The van der Waals surface area contributed by atoms with Gasteiger partial charge in [0.25, 0.3) is 0 Å². The molecule has 31 heavy (non-hydrogen) atoms. The normalized spacial score (nSPS) is 13.9. The Balaban J connectivity index is 0.00000341. The van der Waals surface area contributed by atoms with Gasteiger partial charge in [-0.25, -0.2) is 13.4 Å². The van der Waals surface area contributed by atoms with E-state index in [1.807, 2.05) is 49.4 Å². The molecule has 3 rings (SSSR count). The summed E-state index contributed by atoms with van der Waals surface area (Å²) in [5.74, 6) is 2.43. The van der Waals surface area contributed by atoms with Crippen LogP contribution in [-0.4, -0.2) is 33.8 Å². The van der Waals surface area contributed by atoms with Gasteiger partial charge in [0, 0.05) is 24.9 Å². The minimum absolute atomic E-state index is 0. The van der Waals surface area contributed by atoms with Crippen molar-refractivity contribution < 1.29 is 13.2 Å². The first-order chi connectivity index (χ1) is 14.4. The quantitative estimate of drug-likeness (QED) is 0.263. The van der Waals surface area contributed by atoms with Crippen LogP contribution < -0.4 is 15.4 Å². The SMILES string of the molecule is CCNC(=NCc1ccc(CS(C)(=O)=O)cc1)NCc1ccccc1OCC1CC1.I. The van der Waals surface area contributed by atoms with Crippen LogP contribution in [0.15, 0.2) is 53.5 Å². The van der Waals surface area contributed by atoms with Crippen molar-refractivity contribution in [3.8, 4) is 5.75 Å². The minimum atomic E-state index is -3.02. The number of nitrogens with one attached hydrogen (secondary N) is 2. The number of sulfone groups is 1. The zero-order valence-electron chi connectivity index (χ0n) is 18.1. The van der Waals surface area contributed by atoms with E-state index in [1.54, 1.807) is 0 Å². The number of aliphatic imine (C=N–C) groups is 1. The number of nitrogens with zero attached hydrogens (tertiary/aromatic N) is 1. The summed E-state index contributed by atoms with van der Waals surface area (Å²) in [6.07, 6.45) is 3.79. The van der Waals surface area contributed by atoms with E-state index in [9.17, 15) is 8.42 Å². The molecule has 0 heterocycles. The van der Waals surface area contributed by atoms with Crippen LogP contribution in [0.2, 0.25) is 0 Å². The third-order valence-electron chi connectivity index (χ3n) is 4.81. The molecule has 8 heteroatoms. The molecule has 0 radical (unpaired) electrons. The Morgan fingerprint density at radius 3 is 2.39 bits per heavy atom. The highest BCUT2D eigenvalue weighted by Gasteiger charge is 2.22. The molecule has 0 bridgehead atoms. The number of para-hydroxylation sites is 1. The van der Waals surface area contributed by atoms with Gasteiger partial charge in [0.1, 0.15) is 5.75 Å². The molecule has 170 valence electrons. The van der Waals surface area contributed by atoms with Crippen molar-refractivity contribution in [1.29, 1.82) is 0 Å². The van der Waals surface area contributed by atoms with Crippen molar-refractivity contribution in [2.24, 2.45) is 10.9 Å². The summed E-state index contributed by atoms with van der Waals surface area (Å²) in [5, 5.41) is 6.64. The van der Waals surface area contributed by atoms with E-state index < -0.39 is 9.84 Å². The van der Waals surface area contributed by atoms with Gasteiger partial charge in [-0.15, -0.1) is 24.0 Å². The Morgan fingerprint density at radius 2 is 1.74 bits per heavy atom. The number of halogens is 1. The Hall–Kier alpha value is -1.81. The average molecular weight is 557 g/mol. The lowest BCUT2D eigenvalue weighted by Gasteiger charge is -2.14. The number of hydrogen-bond acceptors (Lipinski definition) is 4. The first-order valence-electron chi connectivity index (χ1n) is 10.4. The van der Waals surface area contributed by atoms with Crippen LogP contribution >= 0.6 is 24.0 Å². The molecule has 2 N–H and O–H groups in total. The Labute approximate surface area is 202 Å². The van der Waals surface area contributed by atoms with Crippen LogP contribution in [0, 0.1) is 5.92 Å². The first-order valence-corrected chi connectivity index (χ1v) is 12.5. The van der Waals surface area contributed by atoms with E-state index in [4.69, 9.17) is 4.74 Å². The highest BCUT2D eigenvalue weighted by Crippen LogP contribution is 2.30. The Kier molecular flexibility index (Phi) is 10.1. The smallest absolute Gasteiger partial charge is 0.191 e. The number of benzene rings is 2. The van der Waals surface area contributed by atoms with Gasteiger partial charge in [0.2, 0.25) is 0 Å². The highest BCUT2D eigenvalue weighted by molar-refractivity contribution is 14.0. The van der Waals surface area contributed by atoms with Gasteiger partial charge < -0.3 is 15.4 Å². The molecule has 0 atom stereocenters. The van der Waals surface area contributed by atoms with E-state index in [0.29, 0.717) is 19.0 Å². The summed E-state index contributed by atoms with van der Waals surface area (Å²) in [6, 6.07) is 15.6. The van der Waals surface area contributed by atoms with E-state index >= 15 is 0 Å². The van der Waals surface area contributed by atoms with Gasteiger partial charge in [-0.1, -0.05) is 42.5 Å². The van der Waals surface area contributed by atoms with Gasteiger partial charge in [-0.3, -0.25) is 0 Å². The Morgan fingerprint density at radius 1 is 1.06 bits per heavy atom. The molecular formula is C23H32IN3O3S. The maximum absolute atomic E-state index is 11.4. The van der Waals surface area contributed by atoms with Crippen molar-refractivity contribution in [3.63, 3.8) is 0 Å². The fourth-order valence-electron chi connectivity index (χ4n) is 3.02. The second-order valence-electron chi connectivity index (χ2n) is 7.80. The number of rotatable bonds is 10. The van der Waals surface area contributed by atoms with Gasteiger partial charge in [0.15, 0.2) is 15.8 Å². The molecule has 0 aliphatic heterocycles. The molecule has 2 aromatic rings. The summed E-state index contributed by atoms with van der Waals surface area (Å²) in [6.45, 7) is 4.72. The molecule has 1 aliphatic carbocycles. The third kappa shape index (κ3) is 9.47. The lowest BCUT2D eigenvalue weighted by atomic mass is 10.1. The molecule has 0 unspecified atom stereocenters. The first kappa shape index (κ1) is 25.5. The van der Waals surface area contributed by atoms with E-state index in [1.165, 1.54) is 19.1 Å². The van der Waals surface area contributed by atoms with Gasteiger partial charge >= 0.3 is 0 Å². The second-order valence-corrected chi connectivity index (χ2v) is 9.94. The van der Waals surface area contributed by atoms with Crippen LogP contribution in [0.3, 0.4) is 0 Å². The van der Waals surface area contributed by atoms with Crippen LogP contribution in [0.25, 0.3) is 0 Å². The van der Waals surface area contributed by atoms with Crippen molar-refractivity contribution >= 4 is 39.8 Å². The number of ether oxygens (including phenoxy) is 1. The molecule has 1 saturated carbocycles. The topological polar surface area (TPSA) is 79.8 Å². The third-order valence-corrected chi connectivity index (χ3v) is 5.66. The number of guanidine groups is 1. The van der Waals surface area contributed by atoms with E-state index in [-0.39, 0.29) is 29.7 Å². The van der Waals surface area contributed by atoms with Crippen molar-refractivity contribution in [1.82, 2.24) is 10.6 Å². The number of hydrogen-bond donors (Lipinski definition) is 2. The molecule has 6 nitrogen and oxygen atoms in total. The van der Waals surface area contributed by atoms with Crippen LogP contribution in [0.5, 0.6) is 5.75 Å². The molecule has 0 aromatic heterocycles. The van der Waals surface area contributed by atoms with Crippen molar-refractivity contribution in [2.45, 2.75) is 38.6 Å². The molecule has 1 aliphatic rings. The molecule has 0 amide bonds. The summed E-state index contributed by atoms with van der Waals surface area (Å²) in [4.78, 5) is 4.65. The lowest BCUT2D eigenvalue weighted by Crippen LogP contribution is -2.36.